The molecule has 2 atom stereocenters. The van der Waals surface area contributed by atoms with Crippen molar-refractivity contribution in [1.29, 1.82) is 0 Å². The zero-order valence-corrected chi connectivity index (χ0v) is 33.6. The third-order valence-electron chi connectivity index (χ3n) is 10.5. The number of nitrogens with zero attached hydrogens (tertiary/aromatic N) is 2. The molecule has 2 saturated heterocycles. The summed E-state index contributed by atoms with van der Waals surface area (Å²) < 4.78 is 43.5. The summed E-state index contributed by atoms with van der Waals surface area (Å²) in [5.41, 5.74) is 1.95. The van der Waals surface area contributed by atoms with E-state index in [4.69, 9.17) is 0 Å². The fourth-order valence-electron chi connectivity index (χ4n) is 7.79. The van der Waals surface area contributed by atoms with Crippen LogP contribution in [0.3, 0.4) is 0 Å². The van der Waals surface area contributed by atoms with Crippen LogP contribution in [0.25, 0.3) is 6.08 Å². The molecule has 0 aliphatic carbocycles. The number of carbonyl (C=O) groups is 5. The van der Waals surface area contributed by atoms with E-state index < -0.39 is 57.8 Å². The molecule has 0 aromatic heterocycles. The number of imide groups is 1. The molecule has 2 heterocycles. The summed E-state index contributed by atoms with van der Waals surface area (Å²) >= 11 is 0.788. The second kappa shape index (κ2) is 18.3. The maximum Gasteiger partial charge on any atom is 0.290 e. The van der Waals surface area contributed by atoms with Gasteiger partial charge in [-0.25, -0.2) is 13.2 Å². The van der Waals surface area contributed by atoms with Crippen molar-refractivity contribution >= 4 is 46.6 Å². The highest BCUT2D eigenvalue weighted by Crippen LogP contribution is 2.36. The number of benzene rings is 5. The molecular weight excluding hydrogens is 790 g/mol. The Balaban J connectivity index is 1.22. The SMILES string of the molecule is CC(C)CN(C(c1ccccc1)c1ccccc1)[C@@H]1C[C@@H](CNC(=O)c2ccc(/C=C3\SC(=O)NC3=O)cc2)N(C(=O)c2ccc(F)cc2C(=O)c2ccc(F)cc2F)C1. The molecule has 0 radical (unpaired) electrons. The molecule has 2 aliphatic heterocycles. The van der Waals surface area contributed by atoms with Crippen LogP contribution in [0.4, 0.5) is 18.0 Å². The summed E-state index contributed by atoms with van der Waals surface area (Å²) in [7, 11) is 0. The lowest BCUT2D eigenvalue weighted by atomic mass is 9.94. The van der Waals surface area contributed by atoms with Crippen molar-refractivity contribution < 1.29 is 37.1 Å². The average Bonchev–Trinajstić information content (AvgIpc) is 3.81. The highest BCUT2D eigenvalue weighted by Gasteiger charge is 2.42. The first-order valence-corrected chi connectivity index (χ1v) is 20.3. The lowest BCUT2D eigenvalue weighted by Crippen LogP contribution is -2.44. The summed E-state index contributed by atoms with van der Waals surface area (Å²) in [5.74, 6) is -5.19. The molecule has 0 spiro atoms. The zero-order valence-electron chi connectivity index (χ0n) is 32.7. The summed E-state index contributed by atoms with van der Waals surface area (Å²) in [6.45, 7) is 5.06. The van der Waals surface area contributed by atoms with E-state index in [-0.39, 0.29) is 47.1 Å². The van der Waals surface area contributed by atoms with Crippen molar-refractivity contribution in [2.75, 3.05) is 19.6 Å². The van der Waals surface area contributed by atoms with Gasteiger partial charge in [0.1, 0.15) is 17.5 Å². The van der Waals surface area contributed by atoms with Gasteiger partial charge in [-0.1, -0.05) is 86.6 Å². The number of hydrogen-bond donors (Lipinski definition) is 2. The first-order valence-electron chi connectivity index (χ1n) is 19.4. The lowest BCUT2D eigenvalue weighted by Gasteiger charge is -2.38. The number of nitrogens with one attached hydrogen (secondary N) is 2. The molecule has 0 unspecified atom stereocenters. The van der Waals surface area contributed by atoms with Crippen molar-refractivity contribution in [3.63, 3.8) is 0 Å². The molecule has 13 heteroatoms. The molecule has 5 aromatic carbocycles. The fraction of sp³-hybridized carbons (Fsp3) is 0.213. The van der Waals surface area contributed by atoms with Gasteiger partial charge in [-0.15, -0.1) is 0 Å². The van der Waals surface area contributed by atoms with E-state index in [2.05, 4.69) is 53.6 Å². The maximum atomic E-state index is 14.9. The van der Waals surface area contributed by atoms with Gasteiger partial charge in [0, 0.05) is 42.9 Å². The Morgan fingerprint density at radius 2 is 1.43 bits per heavy atom. The summed E-state index contributed by atoms with van der Waals surface area (Å²) in [5, 5.41) is 4.71. The molecule has 0 bridgehead atoms. The zero-order chi connectivity index (χ0) is 42.5. The Labute approximate surface area is 349 Å². The van der Waals surface area contributed by atoms with Crippen LogP contribution < -0.4 is 10.6 Å². The van der Waals surface area contributed by atoms with Gasteiger partial charge < -0.3 is 10.2 Å². The normalized spacial score (nSPS) is 17.2. The Morgan fingerprint density at radius 3 is 2.02 bits per heavy atom. The maximum absolute atomic E-state index is 14.9. The number of rotatable bonds is 13. The Bertz CT molecular complexity index is 2430. The predicted octanol–water partition coefficient (Wildman–Crippen LogP) is 8.42. The van der Waals surface area contributed by atoms with Gasteiger partial charge in [0.15, 0.2) is 5.78 Å². The van der Waals surface area contributed by atoms with Gasteiger partial charge in [0.25, 0.3) is 23.0 Å². The van der Waals surface area contributed by atoms with Crippen molar-refractivity contribution in [3.8, 4) is 0 Å². The number of thioether (sulfide) groups is 1. The van der Waals surface area contributed by atoms with Gasteiger partial charge in [0.2, 0.25) is 0 Å². The smallest absolute Gasteiger partial charge is 0.290 e. The number of carbonyl (C=O) groups excluding carboxylic acids is 5. The molecule has 2 N–H and O–H groups in total. The molecule has 4 amide bonds. The summed E-state index contributed by atoms with van der Waals surface area (Å²) in [4.78, 5) is 70.0. The van der Waals surface area contributed by atoms with E-state index >= 15 is 0 Å². The highest BCUT2D eigenvalue weighted by atomic mass is 32.2. The quantitative estimate of drug-likeness (QED) is 0.0905. The van der Waals surface area contributed by atoms with E-state index in [0.29, 0.717) is 30.2 Å². The van der Waals surface area contributed by atoms with Gasteiger partial charge in [-0.2, -0.15) is 0 Å². The van der Waals surface area contributed by atoms with Crippen LogP contribution in [0, 0.1) is 23.4 Å². The lowest BCUT2D eigenvalue weighted by molar-refractivity contribution is -0.115. The molecule has 5 aromatic rings. The van der Waals surface area contributed by atoms with E-state index in [1.807, 2.05) is 36.4 Å². The standard InChI is InChI=1S/C47H41F3N4O5S/c1-28(2)26-53(42(30-9-5-3-6-10-30)31-11-7-4-8-12-31)36-24-35(25-51-44(56)32-15-13-29(14-16-32)21-41-45(57)52-47(59)60-41)54(27-36)46(58)37-19-17-33(48)22-39(37)43(55)38-20-18-34(49)23-40(38)50/h3-23,28,35-36,42H,24-27H2,1-2H3,(H,51,56)(H,52,57,59)/b41-21-/t35-,36+/m0/s1. The first kappa shape index (κ1) is 41.8. The van der Waals surface area contributed by atoms with Gasteiger partial charge in [0.05, 0.1) is 28.1 Å². The molecule has 60 heavy (non-hydrogen) atoms. The van der Waals surface area contributed by atoms with Crippen molar-refractivity contribution in [2.24, 2.45) is 5.92 Å². The number of likely N-dealkylation sites (tertiary alicyclic amines) is 1. The molecule has 306 valence electrons. The molecule has 2 aliphatic rings. The number of hydrogen-bond acceptors (Lipinski definition) is 7. The highest BCUT2D eigenvalue weighted by molar-refractivity contribution is 8.18. The Morgan fingerprint density at radius 1 is 0.817 bits per heavy atom. The van der Waals surface area contributed by atoms with Crippen LogP contribution in [-0.4, -0.2) is 70.3 Å². The van der Waals surface area contributed by atoms with Crippen LogP contribution in [0.2, 0.25) is 0 Å². The van der Waals surface area contributed by atoms with Crippen molar-refractivity contribution in [1.82, 2.24) is 20.4 Å². The molecular formula is C47H41F3N4O5S. The van der Waals surface area contributed by atoms with Crippen LogP contribution in [0.15, 0.2) is 126 Å². The van der Waals surface area contributed by atoms with Crippen LogP contribution in [0.1, 0.15) is 79.6 Å². The van der Waals surface area contributed by atoms with E-state index in [1.165, 1.54) is 6.07 Å². The topological polar surface area (TPSA) is 116 Å². The summed E-state index contributed by atoms with van der Waals surface area (Å²) in [6, 6.07) is 31.0. The minimum Gasteiger partial charge on any atom is -0.350 e. The Hall–Kier alpha value is -6.31. The van der Waals surface area contributed by atoms with Crippen LogP contribution in [0.5, 0.6) is 0 Å². The molecule has 0 saturated carbocycles. The van der Waals surface area contributed by atoms with E-state index in [0.717, 1.165) is 47.2 Å². The third kappa shape index (κ3) is 9.43. The Kier molecular flexibility index (Phi) is 12.8. The molecule has 9 nitrogen and oxygen atoms in total. The molecule has 7 rings (SSSR count). The van der Waals surface area contributed by atoms with Crippen molar-refractivity contribution in [2.45, 2.75) is 38.4 Å². The second-order valence-corrected chi connectivity index (χ2v) is 16.2. The number of halogens is 3. The predicted molar refractivity (Wildman–Crippen MR) is 224 cm³/mol. The van der Waals surface area contributed by atoms with Crippen LogP contribution >= 0.6 is 11.8 Å². The van der Waals surface area contributed by atoms with Crippen LogP contribution in [-0.2, 0) is 4.79 Å². The average molecular weight is 831 g/mol. The number of ketones is 1. The second-order valence-electron chi connectivity index (χ2n) is 15.1. The minimum atomic E-state index is -1.15. The summed E-state index contributed by atoms with van der Waals surface area (Å²) in [6.07, 6.45) is 1.96. The van der Waals surface area contributed by atoms with Gasteiger partial charge in [-0.05, 0) is 89.3 Å². The molecule has 2 fully saturated rings. The number of amides is 4. The fourth-order valence-corrected chi connectivity index (χ4v) is 8.47. The van der Waals surface area contributed by atoms with Crippen molar-refractivity contribution in [3.05, 3.63) is 183 Å². The minimum absolute atomic E-state index is 0.0136. The van der Waals surface area contributed by atoms with E-state index in [1.54, 1.807) is 35.2 Å². The monoisotopic (exact) mass is 830 g/mol. The largest absolute Gasteiger partial charge is 0.350 e. The first-order chi connectivity index (χ1) is 28.9. The van der Waals surface area contributed by atoms with Gasteiger partial charge in [-0.3, -0.25) is 34.2 Å². The van der Waals surface area contributed by atoms with Gasteiger partial charge >= 0.3 is 0 Å². The van der Waals surface area contributed by atoms with E-state index in [9.17, 15) is 37.1 Å². The third-order valence-corrected chi connectivity index (χ3v) is 11.3.